The summed E-state index contributed by atoms with van der Waals surface area (Å²) < 4.78 is 4.99. The number of furan rings is 1. The van der Waals surface area contributed by atoms with Gasteiger partial charge in [-0.15, -0.1) is 0 Å². The Kier molecular flexibility index (Phi) is 3.71. The number of rotatable bonds is 3. The highest BCUT2D eigenvalue weighted by Gasteiger charge is 2.25. The minimum atomic E-state index is -0.999. The Labute approximate surface area is 114 Å². The molecule has 1 heterocycles. The molecular formula is C13H7Cl2NO2. The Balaban J connectivity index is 2.41. The molecule has 0 aliphatic rings. The summed E-state index contributed by atoms with van der Waals surface area (Å²) in [6, 6.07) is 9.68. The molecule has 2 rings (SSSR count). The van der Waals surface area contributed by atoms with Gasteiger partial charge in [-0.2, -0.15) is 5.26 Å². The van der Waals surface area contributed by atoms with Crippen LogP contribution in [0.1, 0.15) is 22.0 Å². The maximum atomic E-state index is 12.1. The molecule has 1 unspecified atom stereocenters. The molecule has 1 aromatic carbocycles. The van der Waals surface area contributed by atoms with Crippen molar-refractivity contribution in [1.29, 1.82) is 5.26 Å². The predicted molar refractivity (Wildman–Crippen MR) is 67.9 cm³/mol. The molecule has 90 valence electrons. The summed E-state index contributed by atoms with van der Waals surface area (Å²) in [5, 5.41) is 9.87. The quantitative estimate of drug-likeness (QED) is 0.796. The van der Waals surface area contributed by atoms with Crippen molar-refractivity contribution >= 4 is 29.0 Å². The van der Waals surface area contributed by atoms with E-state index in [1.54, 1.807) is 18.2 Å². The molecule has 1 atom stereocenters. The van der Waals surface area contributed by atoms with Crippen LogP contribution in [-0.4, -0.2) is 5.78 Å². The molecule has 0 amide bonds. The van der Waals surface area contributed by atoms with E-state index in [4.69, 9.17) is 32.9 Å². The number of ketones is 1. The maximum Gasteiger partial charge on any atom is 0.219 e. The molecule has 0 saturated carbocycles. The number of hydrogen-bond donors (Lipinski definition) is 0. The van der Waals surface area contributed by atoms with E-state index in [2.05, 4.69) is 0 Å². The van der Waals surface area contributed by atoms with Gasteiger partial charge in [-0.05, 0) is 29.8 Å². The minimum absolute atomic E-state index is 0.132. The first kappa shape index (κ1) is 12.7. The van der Waals surface area contributed by atoms with Crippen molar-refractivity contribution in [2.75, 3.05) is 0 Å². The van der Waals surface area contributed by atoms with Crippen molar-refractivity contribution in [1.82, 2.24) is 0 Å². The fourth-order valence-corrected chi connectivity index (χ4v) is 2.08. The van der Waals surface area contributed by atoms with Gasteiger partial charge in [0, 0.05) is 10.0 Å². The normalized spacial score (nSPS) is 11.8. The molecule has 0 radical (unpaired) electrons. The number of halogens is 2. The van der Waals surface area contributed by atoms with Crippen LogP contribution in [0.3, 0.4) is 0 Å². The molecule has 0 saturated heterocycles. The summed E-state index contributed by atoms with van der Waals surface area (Å²) in [7, 11) is 0. The molecule has 2 aromatic rings. The van der Waals surface area contributed by atoms with Gasteiger partial charge >= 0.3 is 0 Å². The Hall–Kier alpha value is -1.76. The summed E-state index contributed by atoms with van der Waals surface area (Å²) in [4.78, 5) is 12.1. The number of nitriles is 1. The lowest BCUT2D eigenvalue weighted by Gasteiger charge is -2.09. The Morgan fingerprint density at radius 2 is 2.11 bits per heavy atom. The lowest BCUT2D eigenvalue weighted by molar-refractivity contribution is 0.0952. The van der Waals surface area contributed by atoms with Crippen LogP contribution in [0.25, 0.3) is 0 Å². The minimum Gasteiger partial charge on any atom is -0.461 e. The van der Waals surface area contributed by atoms with E-state index in [0.29, 0.717) is 10.6 Å². The molecular weight excluding hydrogens is 273 g/mol. The highest BCUT2D eigenvalue weighted by molar-refractivity contribution is 6.35. The van der Waals surface area contributed by atoms with Gasteiger partial charge < -0.3 is 4.42 Å². The zero-order valence-corrected chi connectivity index (χ0v) is 10.6. The van der Waals surface area contributed by atoms with E-state index in [-0.39, 0.29) is 10.8 Å². The first-order valence-electron chi connectivity index (χ1n) is 5.05. The first-order valence-corrected chi connectivity index (χ1v) is 5.81. The number of hydrogen-bond acceptors (Lipinski definition) is 3. The highest BCUT2D eigenvalue weighted by atomic mass is 35.5. The zero-order valence-electron chi connectivity index (χ0n) is 9.06. The van der Waals surface area contributed by atoms with Crippen LogP contribution in [0.4, 0.5) is 0 Å². The average molecular weight is 280 g/mol. The Morgan fingerprint density at radius 1 is 1.33 bits per heavy atom. The molecule has 0 aliphatic heterocycles. The maximum absolute atomic E-state index is 12.1. The smallest absolute Gasteiger partial charge is 0.219 e. The molecule has 0 aliphatic carbocycles. The van der Waals surface area contributed by atoms with Gasteiger partial charge in [0.1, 0.15) is 5.92 Å². The second kappa shape index (κ2) is 5.26. The molecule has 0 spiro atoms. The summed E-state index contributed by atoms with van der Waals surface area (Å²) in [5.74, 6) is -1.29. The van der Waals surface area contributed by atoms with Gasteiger partial charge in [0.05, 0.1) is 12.3 Å². The summed E-state index contributed by atoms with van der Waals surface area (Å²) in [5.41, 5.74) is 0.421. The number of benzene rings is 1. The van der Waals surface area contributed by atoms with E-state index in [0.717, 1.165) is 0 Å². The van der Waals surface area contributed by atoms with Gasteiger partial charge in [-0.3, -0.25) is 4.79 Å². The molecule has 0 bridgehead atoms. The van der Waals surface area contributed by atoms with Crippen LogP contribution in [0, 0.1) is 11.3 Å². The molecule has 5 heteroatoms. The van der Waals surface area contributed by atoms with Crippen LogP contribution in [-0.2, 0) is 0 Å². The van der Waals surface area contributed by atoms with Crippen molar-refractivity contribution in [3.05, 3.63) is 58.0 Å². The van der Waals surface area contributed by atoms with Gasteiger partial charge in [-0.1, -0.05) is 29.3 Å². The van der Waals surface area contributed by atoms with Gasteiger partial charge in [-0.25, -0.2) is 0 Å². The average Bonchev–Trinajstić information content (AvgIpc) is 2.86. The van der Waals surface area contributed by atoms with Crippen molar-refractivity contribution in [2.24, 2.45) is 0 Å². The summed E-state index contributed by atoms with van der Waals surface area (Å²) >= 11 is 11.8. The van der Waals surface area contributed by atoms with Crippen LogP contribution >= 0.6 is 23.2 Å². The first-order chi connectivity index (χ1) is 8.63. The third-order valence-corrected chi connectivity index (χ3v) is 2.99. The molecule has 1 aromatic heterocycles. The second-order valence-corrected chi connectivity index (χ2v) is 4.41. The summed E-state index contributed by atoms with van der Waals surface area (Å²) in [6.45, 7) is 0. The Bertz CT molecular complexity index is 614. The molecule has 0 N–H and O–H groups in total. The largest absolute Gasteiger partial charge is 0.461 e. The number of Topliss-reactive ketones (excluding diaryl/α,β-unsaturated/α-hetero) is 1. The third kappa shape index (κ3) is 2.40. The highest BCUT2D eigenvalue weighted by Crippen LogP contribution is 2.29. The van der Waals surface area contributed by atoms with Crippen molar-refractivity contribution in [3.8, 4) is 6.07 Å². The van der Waals surface area contributed by atoms with E-state index in [1.165, 1.54) is 18.4 Å². The molecule has 3 nitrogen and oxygen atoms in total. The number of carbonyl (C=O) groups excluding carboxylic acids is 1. The van der Waals surface area contributed by atoms with Gasteiger partial charge in [0.15, 0.2) is 5.76 Å². The lowest BCUT2D eigenvalue weighted by atomic mass is 9.95. The van der Waals surface area contributed by atoms with Gasteiger partial charge in [0.2, 0.25) is 5.78 Å². The van der Waals surface area contributed by atoms with Crippen molar-refractivity contribution < 1.29 is 9.21 Å². The van der Waals surface area contributed by atoms with Crippen LogP contribution in [0.15, 0.2) is 41.0 Å². The topological polar surface area (TPSA) is 54.0 Å². The second-order valence-electron chi connectivity index (χ2n) is 3.57. The number of carbonyl (C=O) groups is 1. The van der Waals surface area contributed by atoms with E-state index < -0.39 is 11.7 Å². The number of nitrogens with zero attached hydrogens (tertiary/aromatic N) is 1. The summed E-state index contributed by atoms with van der Waals surface area (Å²) in [6.07, 6.45) is 1.38. The molecule has 18 heavy (non-hydrogen) atoms. The van der Waals surface area contributed by atoms with E-state index >= 15 is 0 Å². The van der Waals surface area contributed by atoms with Crippen LogP contribution in [0.5, 0.6) is 0 Å². The van der Waals surface area contributed by atoms with E-state index in [1.807, 2.05) is 6.07 Å². The zero-order chi connectivity index (χ0) is 13.1. The van der Waals surface area contributed by atoms with Crippen molar-refractivity contribution in [2.45, 2.75) is 5.92 Å². The van der Waals surface area contributed by atoms with Crippen molar-refractivity contribution in [3.63, 3.8) is 0 Å². The fraction of sp³-hybridized carbons (Fsp3) is 0.0769. The van der Waals surface area contributed by atoms with E-state index in [9.17, 15) is 4.79 Å². The SMILES string of the molecule is N#CC(C(=O)c1ccco1)c1ccc(Cl)cc1Cl. The molecule has 0 fully saturated rings. The van der Waals surface area contributed by atoms with Gasteiger partial charge in [0.25, 0.3) is 0 Å². The van der Waals surface area contributed by atoms with Crippen LogP contribution in [0.2, 0.25) is 10.0 Å². The predicted octanol–water partition coefficient (Wildman–Crippen LogP) is 4.08. The standard InChI is InChI=1S/C13H7Cl2NO2/c14-8-3-4-9(11(15)6-8)10(7-16)13(17)12-2-1-5-18-12/h1-6,10H. The fourth-order valence-electron chi connectivity index (χ4n) is 1.57. The van der Waals surface area contributed by atoms with Crippen LogP contribution < -0.4 is 0 Å². The monoisotopic (exact) mass is 279 g/mol. The Morgan fingerprint density at radius 3 is 2.67 bits per heavy atom. The lowest BCUT2D eigenvalue weighted by Crippen LogP contribution is -2.10. The third-order valence-electron chi connectivity index (χ3n) is 2.43.